The van der Waals surface area contributed by atoms with Gasteiger partial charge in [-0.25, -0.2) is 23.4 Å². The SMILES string of the molecule is Cn1cnc(S(=O)(=O)N2CCC(CN3CC(COc4ncccn4)CC3=O)CC2)c1. The molecule has 0 aliphatic carbocycles. The molecule has 4 heterocycles. The number of aryl methyl sites for hydroxylation is 1. The topological polar surface area (TPSA) is 111 Å². The molecule has 0 saturated carbocycles. The van der Waals surface area contributed by atoms with Gasteiger partial charge in [0.1, 0.15) is 0 Å². The Bertz CT molecular complexity index is 972. The Balaban J connectivity index is 1.25. The first-order chi connectivity index (χ1) is 14.4. The van der Waals surface area contributed by atoms with Crippen molar-refractivity contribution in [1.82, 2.24) is 28.7 Å². The minimum atomic E-state index is -3.55. The van der Waals surface area contributed by atoms with E-state index in [-0.39, 0.29) is 16.9 Å². The molecule has 2 aliphatic heterocycles. The van der Waals surface area contributed by atoms with E-state index >= 15 is 0 Å². The van der Waals surface area contributed by atoms with Crippen LogP contribution in [0.5, 0.6) is 6.01 Å². The molecule has 1 unspecified atom stereocenters. The van der Waals surface area contributed by atoms with Gasteiger partial charge in [0.05, 0.1) is 12.9 Å². The summed E-state index contributed by atoms with van der Waals surface area (Å²) in [7, 11) is -1.81. The van der Waals surface area contributed by atoms with Gasteiger partial charge in [0, 0.05) is 64.2 Å². The number of nitrogens with zero attached hydrogens (tertiary/aromatic N) is 6. The highest BCUT2D eigenvalue weighted by Crippen LogP contribution is 2.26. The Kier molecular flexibility index (Phi) is 6.00. The van der Waals surface area contributed by atoms with Crippen molar-refractivity contribution in [2.45, 2.75) is 24.3 Å². The number of ether oxygens (including phenoxy) is 1. The number of hydrogen-bond donors (Lipinski definition) is 0. The average Bonchev–Trinajstić information content (AvgIpc) is 3.34. The summed E-state index contributed by atoms with van der Waals surface area (Å²) in [5.74, 6) is 0.535. The van der Waals surface area contributed by atoms with Gasteiger partial charge >= 0.3 is 6.01 Å². The van der Waals surface area contributed by atoms with Crippen molar-refractivity contribution < 1.29 is 17.9 Å². The van der Waals surface area contributed by atoms with Crippen LogP contribution in [0.3, 0.4) is 0 Å². The highest BCUT2D eigenvalue weighted by Gasteiger charge is 2.35. The van der Waals surface area contributed by atoms with Crippen LogP contribution >= 0.6 is 0 Å². The second-order valence-electron chi connectivity index (χ2n) is 7.94. The van der Waals surface area contributed by atoms with Gasteiger partial charge in [-0.1, -0.05) is 0 Å². The van der Waals surface area contributed by atoms with E-state index in [9.17, 15) is 13.2 Å². The number of imidazole rings is 1. The van der Waals surface area contributed by atoms with Gasteiger partial charge in [0.2, 0.25) is 5.91 Å². The lowest BCUT2D eigenvalue weighted by Gasteiger charge is -2.32. The Morgan fingerprint density at radius 1 is 1.13 bits per heavy atom. The molecule has 2 aromatic heterocycles. The summed E-state index contributed by atoms with van der Waals surface area (Å²) >= 11 is 0. The fraction of sp³-hybridized carbons (Fsp3) is 0.579. The first kappa shape index (κ1) is 20.7. The first-order valence-electron chi connectivity index (χ1n) is 10.1. The van der Waals surface area contributed by atoms with Crippen molar-refractivity contribution in [3.63, 3.8) is 0 Å². The van der Waals surface area contributed by atoms with E-state index in [1.165, 1.54) is 16.8 Å². The van der Waals surface area contributed by atoms with Gasteiger partial charge in [-0.15, -0.1) is 0 Å². The fourth-order valence-corrected chi connectivity index (χ4v) is 5.43. The molecule has 0 radical (unpaired) electrons. The molecule has 10 nitrogen and oxygen atoms in total. The molecule has 11 heteroatoms. The molecule has 0 N–H and O–H groups in total. The van der Waals surface area contributed by atoms with Crippen LogP contribution in [0.4, 0.5) is 0 Å². The maximum absolute atomic E-state index is 12.7. The molecule has 2 aliphatic rings. The number of amides is 1. The van der Waals surface area contributed by atoms with E-state index in [2.05, 4.69) is 15.0 Å². The van der Waals surface area contributed by atoms with Crippen molar-refractivity contribution in [3.8, 4) is 6.01 Å². The maximum Gasteiger partial charge on any atom is 0.316 e. The summed E-state index contributed by atoms with van der Waals surface area (Å²) in [6.07, 6.45) is 8.17. The van der Waals surface area contributed by atoms with Crippen LogP contribution < -0.4 is 4.74 Å². The summed E-state index contributed by atoms with van der Waals surface area (Å²) in [4.78, 5) is 26.3. The second kappa shape index (κ2) is 8.68. The van der Waals surface area contributed by atoms with Crippen LogP contribution in [0, 0.1) is 11.8 Å². The van der Waals surface area contributed by atoms with Crippen molar-refractivity contribution in [2.24, 2.45) is 18.9 Å². The second-order valence-corrected chi connectivity index (χ2v) is 9.82. The number of carbonyl (C=O) groups excluding carboxylic acids is 1. The normalized spacial score (nSPS) is 21.3. The first-order valence-corrected chi connectivity index (χ1v) is 11.5. The molecular formula is C19H26N6O4S. The third kappa shape index (κ3) is 4.62. The Morgan fingerprint density at radius 3 is 2.53 bits per heavy atom. The lowest BCUT2D eigenvalue weighted by Crippen LogP contribution is -2.42. The van der Waals surface area contributed by atoms with Gasteiger partial charge < -0.3 is 14.2 Å². The van der Waals surface area contributed by atoms with Crippen molar-refractivity contribution in [1.29, 1.82) is 0 Å². The molecule has 0 aromatic carbocycles. The van der Waals surface area contributed by atoms with Gasteiger partial charge in [-0.05, 0) is 24.8 Å². The van der Waals surface area contributed by atoms with Crippen LogP contribution in [0.2, 0.25) is 0 Å². The Morgan fingerprint density at radius 2 is 1.87 bits per heavy atom. The lowest BCUT2D eigenvalue weighted by atomic mass is 9.97. The zero-order valence-electron chi connectivity index (χ0n) is 16.9. The standard InChI is InChI=1S/C19H26N6O4S/c1-23-12-17(22-14-23)30(27,28)25-7-3-15(4-8-25)10-24-11-16(9-18(24)26)13-29-19-20-5-2-6-21-19/h2,5-6,12,14-16H,3-4,7-11,13H2,1H3. The predicted octanol–water partition coefficient (Wildman–Crippen LogP) is 0.538. The highest BCUT2D eigenvalue weighted by molar-refractivity contribution is 7.89. The minimum Gasteiger partial charge on any atom is -0.463 e. The molecule has 4 rings (SSSR count). The Labute approximate surface area is 175 Å². The van der Waals surface area contributed by atoms with Crippen molar-refractivity contribution in [2.75, 3.05) is 32.8 Å². The average molecular weight is 435 g/mol. The molecule has 2 aromatic rings. The van der Waals surface area contributed by atoms with E-state index in [1.807, 2.05) is 4.90 Å². The van der Waals surface area contributed by atoms with Gasteiger partial charge in [0.25, 0.3) is 10.0 Å². The van der Waals surface area contributed by atoms with Crippen LogP contribution in [0.25, 0.3) is 0 Å². The zero-order valence-corrected chi connectivity index (χ0v) is 17.7. The summed E-state index contributed by atoms with van der Waals surface area (Å²) < 4.78 is 34.1. The third-order valence-electron chi connectivity index (χ3n) is 5.62. The number of carbonyl (C=O) groups is 1. The van der Waals surface area contributed by atoms with E-state index in [0.717, 1.165) is 12.8 Å². The molecule has 162 valence electrons. The zero-order chi connectivity index (χ0) is 21.1. The van der Waals surface area contributed by atoms with Gasteiger partial charge in [-0.2, -0.15) is 4.31 Å². The number of rotatable bonds is 7. The Hall–Kier alpha value is -2.53. The smallest absolute Gasteiger partial charge is 0.316 e. The van der Waals surface area contributed by atoms with Crippen LogP contribution in [0.15, 0.2) is 36.0 Å². The number of hydrogen-bond acceptors (Lipinski definition) is 7. The summed E-state index contributed by atoms with van der Waals surface area (Å²) in [6, 6.07) is 2.05. The molecule has 0 spiro atoms. The number of likely N-dealkylation sites (tertiary alicyclic amines) is 1. The molecule has 1 amide bonds. The molecular weight excluding hydrogens is 408 g/mol. The van der Waals surface area contributed by atoms with Crippen LogP contribution in [-0.2, 0) is 21.9 Å². The monoisotopic (exact) mass is 434 g/mol. The van der Waals surface area contributed by atoms with Gasteiger partial charge in [-0.3, -0.25) is 4.79 Å². The molecule has 30 heavy (non-hydrogen) atoms. The summed E-state index contributed by atoms with van der Waals surface area (Å²) in [6.45, 7) is 2.62. The lowest BCUT2D eigenvalue weighted by molar-refractivity contribution is -0.128. The molecule has 1 atom stereocenters. The van der Waals surface area contributed by atoms with Crippen LogP contribution in [0.1, 0.15) is 19.3 Å². The molecule has 0 bridgehead atoms. The van der Waals surface area contributed by atoms with Crippen molar-refractivity contribution in [3.05, 3.63) is 31.0 Å². The summed E-state index contributed by atoms with van der Waals surface area (Å²) in [5, 5.41) is 0.0865. The number of piperidine rings is 1. The summed E-state index contributed by atoms with van der Waals surface area (Å²) in [5.41, 5.74) is 0. The number of aromatic nitrogens is 4. The van der Waals surface area contributed by atoms with Crippen molar-refractivity contribution >= 4 is 15.9 Å². The predicted molar refractivity (Wildman–Crippen MR) is 107 cm³/mol. The quantitative estimate of drug-likeness (QED) is 0.625. The van der Waals surface area contributed by atoms with E-state index in [0.29, 0.717) is 51.1 Å². The van der Waals surface area contributed by atoms with E-state index < -0.39 is 10.0 Å². The fourth-order valence-electron chi connectivity index (χ4n) is 3.99. The minimum absolute atomic E-state index is 0.0865. The molecule has 2 saturated heterocycles. The largest absolute Gasteiger partial charge is 0.463 e. The van der Waals surface area contributed by atoms with Crippen LogP contribution in [-0.4, -0.2) is 75.8 Å². The highest BCUT2D eigenvalue weighted by atomic mass is 32.2. The van der Waals surface area contributed by atoms with E-state index in [4.69, 9.17) is 4.74 Å². The third-order valence-corrected chi connectivity index (χ3v) is 7.41. The van der Waals surface area contributed by atoms with Gasteiger partial charge in [0.15, 0.2) is 5.03 Å². The molecule has 2 fully saturated rings. The van der Waals surface area contributed by atoms with E-state index in [1.54, 1.807) is 30.1 Å². The maximum atomic E-state index is 12.7. The number of sulfonamides is 1.